The van der Waals surface area contributed by atoms with Gasteiger partial charge in [0.15, 0.2) is 9.84 Å². The van der Waals surface area contributed by atoms with Crippen LogP contribution in [-0.4, -0.2) is 32.5 Å². The number of rotatable bonds is 4. The molecule has 86 valence electrons. The van der Waals surface area contributed by atoms with E-state index in [1.165, 1.54) is 0 Å². The summed E-state index contributed by atoms with van der Waals surface area (Å²) in [4.78, 5) is 0. The minimum atomic E-state index is -2.96. The lowest BCUT2D eigenvalue weighted by Crippen LogP contribution is -2.44. The predicted octanol–water partition coefficient (Wildman–Crippen LogP) is 1.44. The largest absolute Gasteiger partial charge is 0.315 e. The van der Waals surface area contributed by atoms with Crippen LogP contribution in [0.3, 0.4) is 0 Å². The highest BCUT2D eigenvalue weighted by molar-refractivity contribution is 7.92. The van der Waals surface area contributed by atoms with Gasteiger partial charge in [0.05, 0.1) is 11.0 Å². The smallest absolute Gasteiger partial charge is 0.154 e. The Morgan fingerprint density at radius 1 is 1.21 bits per heavy atom. The minimum absolute atomic E-state index is 0.00917. The van der Waals surface area contributed by atoms with Crippen molar-refractivity contribution in [1.29, 1.82) is 0 Å². The zero-order valence-corrected chi connectivity index (χ0v) is 10.9. The van der Waals surface area contributed by atoms with Gasteiger partial charge in [0.1, 0.15) is 0 Å². The second-order valence-corrected chi connectivity index (χ2v) is 7.69. The van der Waals surface area contributed by atoms with Crippen LogP contribution in [-0.2, 0) is 9.84 Å². The van der Waals surface area contributed by atoms with E-state index < -0.39 is 9.84 Å². The number of hydrogen-bond donors (Lipinski definition) is 1. The maximum absolute atomic E-state index is 11.7. The van der Waals surface area contributed by atoms with Crippen LogP contribution in [0.4, 0.5) is 0 Å². The van der Waals surface area contributed by atoms with Gasteiger partial charge in [0.25, 0.3) is 0 Å². The first kappa shape index (κ1) is 13.9. The van der Waals surface area contributed by atoms with Crippen LogP contribution in [0.1, 0.15) is 34.6 Å². The van der Waals surface area contributed by atoms with E-state index in [1.807, 2.05) is 27.8 Å². The third kappa shape index (κ3) is 3.96. The zero-order valence-electron chi connectivity index (χ0n) is 10.1. The van der Waals surface area contributed by atoms with Gasteiger partial charge in [-0.25, -0.2) is 8.42 Å². The molecule has 0 saturated heterocycles. The molecule has 14 heavy (non-hydrogen) atoms. The van der Waals surface area contributed by atoms with Crippen LogP contribution >= 0.6 is 0 Å². The van der Waals surface area contributed by atoms with E-state index in [-0.39, 0.29) is 22.5 Å². The molecule has 1 unspecified atom stereocenters. The summed E-state index contributed by atoms with van der Waals surface area (Å²) >= 11 is 0. The number of sulfone groups is 1. The normalized spacial score (nSPS) is 15.9. The van der Waals surface area contributed by atoms with Gasteiger partial charge in [-0.05, 0) is 26.3 Å². The maximum Gasteiger partial charge on any atom is 0.154 e. The maximum atomic E-state index is 11.7. The zero-order chi connectivity index (χ0) is 11.6. The van der Waals surface area contributed by atoms with Gasteiger partial charge in [-0.15, -0.1) is 0 Å². The van der Waals surface area contributed by atoms with Crippen LogP contribution in [0, 0.1) is 5.41 Å². The Bertz CT molecular complexity index is 262. The fraction of sp³-hybridized carbons (Fsp3) is 1.00. The first-order valence-corrected chi connectivity index (χ1v) is 6.71. The first-order chi connectivity index (χ1) is 6.11. The quantitative estimate of drug-likeness (QED) is 0.781. The third-order valence-corrected chi connectivity index (χ3v) is 4.75. The van der Waals surface area contributed by atoms with E-state index in [0.717, 1.165) is 0 Å². The van der Waals surface area contributed by atoms with Gasteiger partial charge in [0, 0.05) is 6.04 Å². The number of nitrogens with one attached hydrogen (secondary N) is 1. The molecule has 0 rings (SSSR count). The molecular weight excluding hydrogens is 198 g/mol. The molecule has 0 aromatic rings. The van der Waals surface area contributed by atoms with Crippen LogP contribution in [0.25, 0.3) is 0 Å². The van der Waals surface area contributed by atoms with Gasteiger partial charge in [-0.3, -0.25) is 0 Å². The Kier molecular flexibility index (Phi) is 4.59. The van der Waals surface area contributed by atoms with E-state index >= 15 is 0 Å². The summed E-state index contributed by atoms with van der Waals surface area (Å²) in [5.41, 5.74) is -0.0310. The third-order valence-electron chi connectivity index (χ3n) is 2.51. The molecular formula is C10H23NO2S. The van der Waals surface area contributed by atoms with Crippen molar-refractivity contribution in [2.45, 2.75) is 45.9 Å². The average molecular weight is 221 g/mol. The molecule has 0 aromatic carbocycles. The highest BCUT2D eigenvalue weighted by atomic mass is 32.2. The summed E-state index contributed by atoms with van der Waals surface area (Å²) < 4.78 is 23.4. The van der Waals surface area contributed by atoms with Crippen molar-refractivity contribution < 1.29 is 8.42 Å². The van der Waals surface area contributed by atoms with E-state index in [0.29, 0.717) is 0 Å². The van der Waals surface area contributed by atoms with Crippen LogP contribution in [0.2, 0.25) is 0 Å². The van der Waals surface area contributed by atoms with Gasteiger partial charge >= 0.3 is 0 Å². The highest BCUT2D eigenvalue weighted by Crippen LogP contribution is 2.21. The average Bonchev–Trinajstić information content (AvgIpc) is 1.97. The van der Waals surface area contributed by atoms with Crippen LogP contribution < -0.4 is 5.32 Å². The highest BCUT2D eigenvalue weighted by Gasteiger charge is 2.29. The monoisotopic (exact) mass is 221 g/mol. The van der Waals surface area contributed by atoms with Crippen LogP contribution in [0.5, 0.6) is 0 Å². The van der Waals surface area contributed by atoms with E-state index in [2.05, 4.69) is 5.32 Å². The molecule has 3 nitrogen and oxygen atoms in total. The second-order valence-electron chi connectivity index (χ2n) is 5.09. The molecule has 0 saturated carbocycles. The summed E-state index contributed by atoms with van der Waals surface area (Å²) in [6.07, 6.45) is 0. The van der Waals surface area contributed by atoms with E-state index in [9.17, 15) is 8.42 Å². The van der Waals surface area contributed by atoms with Gasteiger partial charge in [0.2, 0.25) is 0 Å². The molecule has 0 heterocycles. The van der Waals surface area contributed by atoms with Crippen molar-refractivity contribution in [2.24, 2.45) is 5.41 Å². The lowest BCUT2D eigenvalue weighted by molar-refractivity contribution is 0.302. The fourth-order valence-corrected chi connectivity index (χ4v) is 2.71. The molecule has 0 aliphatic heterocycles. The summed E-state index contributed by atoms with van der Waals surface area (Å²) in [7, 11) is -1.14. The SMILES string of the molecule is CNC(CS(=O)(=O)C(C)C)C(C)(C)C. The van der Waals surface area contributed by atoms with Crippen molar-refractivity contribution in [3.8, 4) is 0 Å². The Hall–Kier alpha value is -0.0900. The second kappa shape index (κ2) is 4.62. The first-order valence-electron chi connectivity index (χ1n) is 5.00. The van der Waals surface area contributed by atoms with E-state index in [4.69, 9.17) is 0 Å². The van der Waals surface area contributed by atoms with Gasteiger partial charge < -0.3 is 5.32 Å². The lowest BCUT2D eigenvalue weighted by Gasteiger charge is -2.30. The van der Waals surface area contributed by atoms with Gasteiger partial charge in [-0.1, -0.05) is 20.8 Å². The summed E-state index contributed by atoms with van der Waals surface area (Å²) in [6, 6.07) is 0.00917. The molecule has 0 aromatic heterocycles. The van der Waals surface area contributed by atoms with E-state index in [1.54, 1.807) is 13.8 Å². The molecule has 0 radical (unpaired) electrons. The Morgan fingerprint density at radius 3 is 1.86 bits per heavy atom. The van der Waals surface area contributed by atoms with Gasteiger partial charge in [-0.2, -0.15) is 0 Å². The van der Waals surface area contributed by atoms with Crippen molar-refractivity contribution in [1.82, 2.24) is 5.32 Å². The number of hydrogen-bond acceptors (Lipinski definition) is 3. The molecule has 0 aliphatic rings. The molecule has 0 spiro atoms. The fourth-order valence-electron chi connectivity index (χ4n) is 1.19. The molecule has 1 N–H and O–H groups in total. The Morgan fingerprint density at radius 2 is 1.64 bits per heavy atom. The Labute approximate surface area is 88.2 Å². The Balaban J connectivity index is 4.65. The standard InChI is InChI=1S/C10H23NO2S/c1-8(2)14(12,13)7-9(11-6)10(3,4)5/h8-9,11H,7H2,1-6H3. The summed E-state index contributed by atoms with van der Waals surface area (Å²) in [5, 5.41) is 2.78. The molecule has 0 amide bonds. The minimum Gasteiger partial charge on any atom is -0.315 e. The molecule has 1 atom stereocenters. The van der Waals surface area contributed by atoms with Crippen molar-refractivity contribution in [3.63, 3.8) is 0 Å². The molecule has 0 fully saturated rings. The predicted molar refractivity (Wildman–Crippen MR) is 61.2 cm³/mol. The lowest BCUT2D eigenvalue weighted by atomic mass is 9.88. The van der Waals surface area contributed by atoms with Crippen molar-refractivity contribution >= 4 is 9.84 Å². The molecule has 4 heteroatoms. The van der Waals surface area contributed by atoms with Crippen molar-refractivity contribution in [3.05, 3.63) is 0 Å². The topological polar surface area (TPSA) is 46.2 Å². The van der Waals surface area contributed by atoms with Crippen LogP contribution in [0.15, 0.2) is 0 Å². The van der Waals surface area contributed by atoms with Crippen molar-refractivity contribution in [2.75, 3.05) is 12.8 Å². The summed E-state index contributed by atoms with van der Waals surface area (Å²) in [5.74, 6) is 0.213. The molecule has 0 aliphatic carbocycles. The summed E-state index contributed by atoms with van der Waals surface area (Å²) in [6.45, 7) is 9.59. The molecule has 0 bridgehead atoms.